The number of hydrogen-bond acceptors (Lipinski definition) is 8. The van der Waals surface area contributed by atoms with E-state index in [2.05, 4.69) is 16.0 Å². The van der Waals surface area contributed by atoms with Crippen molar-refractivity contribution in [3.63, 3.8) is 0 Å². The molecule has 0 atom stereocenters. The van der Waals surface area contributed by atoms with Crippen molar-refractivity contribution in [1.29, 1.82) is 5.41 Å². The minimum Gasteiger partial charge on any atom is -0.444 e. The average molecular weight is 522 g/mol. The number of nitrogens with one attached hydrogen (secondary N) is 4. The number of anilines is 1. The number of nitrogens with zero attached hydrogens (tertiary/aromatic N) is 1. The molecule has 0 unspecified atom stereocenters. The standard InChI is InChI=1S/C25H39N5O7/c1-23(2,3)35-20(32)27-14-18(31)28-17-12-10-11-16(13-17)15-30(22(34)37-25(7,8)9)19(26)29-21(33)36-24(4,5)6/h10-13H,14-15H2,1-9H3,(H,27,32)(H,28,31)(H2,26,29,33). The summed E-state index contributed by atoms with van der Waals surface area (Å²) in [7, 11) is 0. The van der Waals surface area contributed by atoms with Gasteiger partial charge >= 0.3 is 18.3 Å². The second-order valence-corrected chi connectivity index (χ2v) is 11.1. The Balaban J connectivity index is 2.95. The van der Waals surface area contributed by atoms with Gasteiger partial charge < -0.3 is 24.8 Å². The van der Waals surface area contributed by atoms with Gasteiger partial charge in [-0.25, -0.2) is 19.3 Å². The Kier molecular flexibility index (Phi) is 10.5. The number of benzene rings is 1. The summed E-state index contributed by atoms with van der Waals surface area (Å²) in [5.74, 6) is -1.04. The third-order valence-corrected chi connectivity index (χ3v) is 3.85. The van der Waals surface area contributed by atoms with Crippen LogP contribution in [0.2, 0.25) is 0 Å². The summed E-state index contributed by atoms with van der Waals surface area (Å²) in [6.07, 6.45) is -2.48. The van der Waals surface area contributed by atoms with Crippen molar-refractivity contribution in [2.75, 3.05) is 11.9 Å². The van der Waals surface area contributed by atoms with E-state index < -0.39 is 46.9 Å². The monoisotopic (exact) mass is 521 g/mol. The first kappa shape index (κ1) is 31.2. The number of guanidine groups is 1. The van der Waals surface area contributed by atoms with Gasteiger partial charge in [-0.2, -0.15) is 0 Å². The minimum absolute atomic E-state index is 0.149. The van der Waals surface area contributed by atoms with Crippen LogP contribution in [-0.4, -0.2) is 58.4 Å². The highest BCUT2D eigenvalue weighted by Gasteiger charge is 2.28. The summed E-state index contributed by atoms with van der Waals surface area (Å²) >= 11 is 0. The van der Waals surface area contributed by atoms with Crippen molar-refractivity contribution < 1.29 is 33.4 Å². The molecule has 37 heavy (non-hydrogen) atoms. The Morgan fingerprint density at radius 2 is 1.38 bits per heavy atom. The second-order valence-electron chi connectivity index (χ2n) is 11.1. The second kappa shape index (κ2) is 12.4. The first-order valence-electron chi connectivity index (χ1n) is 11.7. The first-order valence-corrected chi connectivity index (χ1v) is 11.7. The van der Waals surface area contributed by atoms with Crippen molar-refractivity contribution >= 4 is 35.8 Å². The van der Waals surface area contributed by atoms with Crippen LogP contribution < -0.4 is 16.0 Å². The summed E-state index contributed by atoms with van der Waals surface area (Å²) < 4.78 is 15.7. The average Bonchev–Trinajstić information content (AvgIpc) is 2.66. The van der Waals surface area contributed by atoms with Crippen LogP contribution in [0.1, 0.15) is 67.9 Å². The molecule has 206 valence electrons. The van der Waals surface area contributed by atoms with Gasteiger partial charge in [0.1, 0.15) is 23.3 Å². The molecule has 1 rings (SSSR count). The van der Waals surface area contributed by atoms with E-state index in [4.69, 9.17) is 19.6 Å². The summed E-state index contributed by atoms with van der Waals surface area (Å²) in [4.78, 5) is 49.9. The zero-order valence-corrected chi connectivity index (χ0v) is 23.0. The van der Waals surface area contributed by atoms with E-state index >= 15 is 0 Å². The molecule has 0 aliphatic heterocycles. The van der Waals surface area contributed by atoms with Gasteiger partial charge in [-0.1, -0.05) is 12.1 Å². The Hall–Kier alpha value is -3.83. The van der Waals surface area contributed by atoms with E-state index in [0.717, 1.165) is 4.90 Å². The molecule has 0 aliphatic rings. The highest BCUT2D eigenvalue weighted by molar-refractivity contribution is 6.00. The number of carbonyl (C=O) groups excluding carboxylic acids is 4. The molecule has 0 saturated carbocycles. The van der Waals surface area contributed by atoms with Crippen LogP contribution in [0.5, 0.6) is 0 Å². The third kappa shape index (κ3) is 13.7. The largest absolute Gasteiger partial charge is 0.444 e. The molecular formula is C25H39N5O7. The Labute approximate surface area is 217 Å². The Morgan fingerprint density at radius 3 is 1.92 bits per heavy atom. The SMILES string of the molecule is CC(C)(C)OC(=O)NCC(=O)Nc1cccc(CN(C(=N)NC(=O)OC(C)(C)C)C(=O)OC(C)(C)C)c1. The quantitative estimate of drug-likeness (QED) is 0.255. The van der Waals surface area contributed by atoms with E-state index in [9.17, 15) is 19.2 Å². The number of amides is 4. The van der Waals surface area contributed by atoms with Crippen molar-refractivity contribution in [3.05, 3.63) is 29.8 Å². The number of carbonyl (C=O) groups is 4. The van der Waals surface area contributed by atoms with Crippen LogP contribution in [0.3, 0.4) is 0 Å². The zero-order chi connectivity index (χ0) is 28.6. The number of rotatable bonds is 5. The predicted molar refractivity (Wildman–Crippen MR) is 138 cm³/mol. The maximum Gasteiger partial charge on any atom is 0.417 e. The van der Waals surface area contributed by atoms with E-state index in [-0.39, 0.29) is 13.1 Å². The lowest BCUT2D eigenvalue weighted by molar-refractivity contribution is -0.115. The first-order chi connectivity index (χ1) is 16.7. The van der Waals surface area contributed by atoms with Gasteiger partial charge in [-0.15, -0.1) is 0 Å². The van der Waals surface area contributed by atoms with Gasteiger partial charge in [0.25, 0.3) is 0 Å². The summed E-state index contributed by atoms with van der Waals surface area (Å²) in [6, 6.07) is 6.53. The third-order valence-electron chi connectivity index (χ3n) is 3.85. The van der Waals surface area contributed by atoms with Crippen LogP contribution in [0.15, 0.2) is 24.3 Å². The molecule has 4 amide bonds. The Bertz CT molecular complexity index is 1000. The van der Waals surface area contributed by atoms with Crippen molar-refractivity contribution in [2.24, 2.45) is 0 Å². The predicted octanol–water partition coefficient (Wildman–Crippen LogP) is 4.35. The molecule has 0 fully saturated rings. The highest BCUT2D eigenvalue weighted by Crippen LogP contribution is 2.16. The molecule has 0 heterocycles. The Morgan fingerprint density at radius 1 is 0.838 bits per heavy atom. The highest BCUT2D eigenvalue weighted by atomic mass is 16.6. The molecule has 0 bridgehead atoms. The van der Waals surface area contributed by atoms with Crippen molar-refractivity contribution in [1.82, 2.24) is 15.5 Å². The van der Waals surface area contributed by atoms with Crippen LogP contribution in [0.25, 0.3) is 0 Å². The molecule has 4 N–H and O–H groups in total. The van der Waals surface area contributed by atoms with Gasteiger partial charge in [0, 0.05) is 5.69 Å². The number of ether oxygens (including phenoxy) is 3. The molecule has 0 radical (unpaired) electrons. The maximum atomic E-state index is 12.8. The van der Waals surface area contributed by atoms with Gasteiger partial charge in [-0.05, 0) is 80.0 Å². The smallest absolute Gasteiger partial charge is 0.417 e. The van der Waals surface area contributed by atoms with Crippen LogP contribution in [0, 0.1) is 5.41 Å². The van der Waals surface area contributed by atoms with E-state index in [1.165, 1.54) is 0 Å². The van der Waals surface area contributed by atoms with Gasteiger partial charge in [0.2, 0.25) is 11.9 Å². The van der Waals surface area contributed by atoms with E-state index in [1.54, 1.807) is 86.6 Å². The lowest BCUT2D eigenvalue weighted by Gasteiger charge is -2.28. The lowest BCUT2D eigenvalue weighted by Crippen LogP contribution is -2.49. The van der Waals surface area contributed by atoms with E-state index in [1.807, 2.05) is 0 Å². The normalized spacial score (nSPS) is 11.6. The lowest BCUT2D eigenvalue weighted by atomic mass is 10.2. The van der Waals surface area contributed by atoms with Crippen molar-refractivity contribution in [3.8, 4) is 0 Å². The molecule has 1 aromatic carbocycles. The van der Waals surface area contributed by atoms with Crippen molar-refractivity contribution in [2.45, 2.75) is 85.7 Å². The zero-order valence-electron chi connectivity index (χ0n) is 23.0. The fourth-order valence-electron chi connectivity index (χ4n) is 2.62. The summed E-state index contributed by atoms with van der Waals surface area (Å²) in [5, 5.41) is 15.5. The molecule has 12 nitrogen and oxygen atoms in total. The van der Waals surface area contributed by atoms with Gasteiger partial charge in [0.05, 0.1) is 6.54 Å². The fourth-order valence-corrected chi connectivity index (χ4v) is 2.62. The molecule has 12 heteroatoms. The molecule has 0 aromatic heterocycles. The summed E-state index contributed by atoms with van der Waals surface area (Å²) in [6.45, 7) is 14.7. The maximum absolute atomic E-state index is 12.8. The van der Waals surface area contributed by atoms with E-state index in [0.29, 0.717) is 11.3 Å². The molecule has 1 aromatic rings. The number of alkyl carbamates (subject to hydrolysis) is 2. The topological polar surface area (TPSA) is 159 Å². The fraction of sp³-hybridized carbons (Fsp3) is 0.560. The van der Waals surface area contributed by atoms with Crippen LogP contribution in [0.4, 0.5) is 20.1 Å². The van der Waals surface area contributed by atoms with Gasteiger partial charge in [0.15, 0.2) is 0 Å². The molecular weight excluding hydrogens is 482 g/mol. The summed E-state index contributed by atoms with van der Waals surface area (Å²) in [5.41, 5.74) is -1.42. The molecule has 0 saturated heterocycles. The van der Waals surface area contributed by atoms with Crippen LogP contribution >= 0.6 is 0 Å². The molecule has 0 aliphatic carbocycles. The minimum atomic E-state index is -0.899. The number of hydrogen-bond donors (Lipinski definition) is 4. The molecule has 0 spiro atoms. The van der Waals surface area contributed by atoms with Gasteiger partial charge in [-0.3, -0.25) is 15.5 Å². The van der Waals surface area contributed by atoms with Crippen LogP contribution in [-0.2, 0) is 25.5 Å².